The molecule has 0 spiro atoms. The smallest absolute Gasteiger partial charge is 0.167 e. The van der Waals surface area contributed by atoms with E-state index in [2.05, 4.69) is 19.0 Å². The van der Waals surface area contributed by atoms with Gasteiger partial charge < -0.3 is 14.0 Å². The molecule has 3 rings (SSSR count). The summed E-state index contributed by atoms with van der Waals surface area (Å²) < 4.78 is 17.4. The van der Waals surface area contributed by atoms with Crippen molar-refractivity contribution >= 4 is 0 Å². The highest BCUT2D eigenvalue weighted by Crippen LogP contribution is 2.28. The fourth-order valence-electron chi connectivity index (χ4n) is 4.13. The Labute approximate surface area is 212 Å². The minimum Gasteiger partial charge on any atom is -0.494 e. The standard InChI is InChI=1S/C31H43NO3/c1-3-5-7-9-11-13-23-33-28-19-15-26(16-20-28)30-25-31(35-32-30)27-17-21-29(22-18-27)34-24-14-12-10-8-6-4-2/h15-22,25H,3-14,23-24H2,1-2H3. The molecule has 35 heavy (non-hydrogen) atoms. The molecule has 3 aromatic rings. The summed E-state index contributed by atoms with van der Waals surface area (Å²) in [5.41, 5.74) is 2.84. The fourth-order valence-corrected chi connectivity index (χ4v) is 4.13. The first-order chi connectivity index (χ1) is 17.3. The molecule has 0 radical (unpaired) electrons. The lowest BCUT2D eigenvalue weighted by Crippen LogP contribution is -1.97. The maximum atomic E-state index is 5.89. The predicted octanol–water partition coefficient (Wildman–Crippen LogP) is 9.49. The molecule has 2 aromatic carbocycles. The second kappa shape index (κ2) is 16.0. The average Bonchev–Trinajstić information content (AvgIpc) is 3.39. The number of nitrogens with zero attached hydrogens (tertiary/aromatic N) is 1. The van der Waals surface area contributed by atoms with E-state index in [9.17, 15) is 0 Å². The Morgan fingerprint density at radius 2 is 1.03 bits per heavy atom. The van der Waals surface area contributed by atoms with Crippen LogP contribution >= 0.6 is 0 Å². The molecule has 0 aliphatic heterocycles. The van der Waals surface area contributed by atoms with Crippen LogP contribution in [-0.4, -0.2) is 18.4 Å². The van der Waals surface area contributed by atoms with Gasteiger partial charge in [-0.05, 0) is 61.4 Å². The van der Waals surface area contributed by atoms with Crippen molar-refractivity contribution in [2.75, 3.05) is 13.2 Å². The van der Waals surface area contributed by atoms with E-state index in [1.807, 2.05) is 54.6 Å². The molecule has 0 aliphatic rings. The molecule has 0 aliphatic carbocycles. The van der Waals surface area contributed by atoms with E-state index >= 15 is 0 Å². The number of unbranched alkanes of at least 4 members (excludes halogenated alkanes) is 10. The highest BCUT2D eigenvalue weighted by atomic mass is 16.5. The quantitative estimate of drug-likeness (QED) is 0.171. The maximum Gasteiger partial charge on any atom is 0.167 e. The third kappa shape index (κ3) is 9.79. The molecule has 0 unspecified atom stereocenters. The van der Waals surface area contributed by atoms with E-state index in [0.29, 0.717) is 0 Å². The van der Waals surface area contributed by atoms with Gasteiger partial charge in [0.05, 0.1) is 13.2 Å². The highest BCUT2D eigenvalue weighted by molar-refractivity contribution is 5.67. The topological polar surface area (TPSA) is 44.5 Å². The van der Waals surface area contributed by atoms with Crippen molar-refractivity contribution in [1.29, 1.82) is 0 Å². The molecule has 0 bridgehead atoms. The molecule has 0 N–H and O–H groups in total. The third-order valence-corrected chi connectivity index (χ3v) is 6.33. The monoisotopic (exact) mass is 477 g/mol. The largest absolute Gasteiger partial charge is 0.494 e. The summed E-state index contributed by atoms with van der Waals surface area (Å²) in [4.78, 5) is 0. The summed E-state index contributed by atoms with van der Waals surface area (Å²) in [6, 6.07) is 18.1. The van der Waals surface area contributed by atoms with Crippen molar-refractivity contribution in [3.63, 3.8) is 0 Å². The molecule has 1 heterocycles. The first kappa shape index (κ1) is 26.8. The molecule has 0 amide bonds. The average molecular weight is 478 g/mol. The molecule has 190 valence electrons. The Kier molecular flexibility index (Phi) is 12.3. The van der Waals surface area contributed by atoms with Crippen LogP contribution in [0.3, 0.4) is 0 Å². The Bertz CT molecular complexity index is 855. The zero-order chi connectivity index (χ0) is 24.6. The van der Waals surface area contributed by atoms with Gasteiger partial charge in [-0.3, -0.25) is 0 Å². The fraction of sp³-hybridized carbons (Fsp3) is 0.516. The van der Waals surface area contributed by atoms with Gasteiger partial charge in [0.1, 0.15) is 17.2 Å². The third-order valence-electron chi connectivity index (χ3n) is 6.33. The van der Waals surface area contributed by atoms with E-state index in [1.54, 1.807) is 0 Å². The van der Waals surface area contributed by atoms with E-state index in [1.165, 1.54) is 64.2 Å². The van der Waals surface area contributed by atoms with Gasteiger partial charge in [-0.2, -0.15) is 0 Å². The molecule has 4 nitrogen and oxygen atoms in total. The number of benzene rings is 2. The van der Waals surface area contributed by atoms with Gasteiger partial charge in [0, 0.05) is 17.2 Å². The molecule has 0 atom stereocenters. The number of rotatable bonds is 18. The van der Waals surface area contributed by atoms with Crippen molar-refractivity contribution in [2.24, 2.45) is 0 Å². The van der Waals surface area contributed by atoms with Gasteiger partial charge >= 0.3 is 0 Å². The van der Waals surface area contributed by atoms with Crippen LogP contribution in [0, 0.1) is 0 Å². The van der Waals surface area contributed by atoms with Crippen LogP contribution in [0.1, 0.15) is 90.9 Å². The Morgan fingerprint density at radius 3 is 1.54 bits per heavy atom. The first-order valence-corrected chi connectivity index (χ1v) is 13.7. The van der Waals surface area contributed by atoms with Crippen molar-refractivity contribution in [3.8, 4) is 34.1 Å². The number of hydrogen-bond acceptors (Lipinski definition) is 4. The van der Waals surface area contributed by atoms with Gasteiger partial charge in [0.2, 0.25) is 0 Å². The van der Waals surface area contributed by atoms with Crippen molar-refractivity contribution < 1.29 is 14.0 Å². The molecule has 4 heteroatoms. The second-order valence-corrected chi connectivity index (χ2v) is 9.36. The normalized spacial score (nSPS) is 11.0. The molecular weight excluding hydrogens is 434 g/mol. The Morgan fingerprint density at radius 1 is 0.571 bits per heavy atom. The minimum absolute atomic E-state index is 0.755. The Hall–Kier alpha value is -2.75. The van der Waals surface area contributed by atoms with Gasteiger partial charge in [-0.15, -0.1) is 0 Å². The highest BCUT2D eigenvalue weighted by Gasteiger charge is 2.09. The van der Waals surface area contributed by atoms with E-state index < -0.39 is 0 Å². The lowest BCUT2D eigenvalue weighted by atomic mass is 10.1. The summed E-state index contributed by atoms with van der Waals surface area (Å²) in [6.45, 7) is 6.05. The lowest BCUT2D eigenvalue weighted by molar-refractivity contribution is 0.304. The van der Waals surface area contributed by atoms with E-state index in [-0.39, 0.29) is 0 Å². The molecule has 1 aromatic heterocycles. The van der Waals surface area contributed by atoms with Crippen molar-refractivity contribution in [2.45, 2.75) is 90.9 Å². The molecule has 0 saturated heterocycles. The molecule has 0 fully saturated rings. The minimum atomic E-state index is 0.755. The number of aromatic nitrogens is 1. The van der Waals surface area contributed by atoms with Crippen LogP contribution in [0.4, 0.5) is 0 Å². The van der Waals surface area contributed by atoms with Gasteiger partial charge in [-0.25, -0.2) is 0 Å². The van der Waals surface area contributed by atoms with Crippen LogP contribution in [0.5, 0.6) is 11.5 Å². The summed E-state index contributed by atoms with van der Waals surface area (Å²) in [7, 11) is 0. The Balaban J connectivity index is 1.41. The zero-order valence-electron chi connectivity index (χ0n) is 21.8. The van der Waals surface area contributed by atoms with Crippen LogP contribution in [-0.2, 0) is 0 Å². The maximum absolute atomic E-state index is 5.89. The van der Waals surface area contributed by atoms with Crippen LogP contribution in [0.25, 0.3) is 22.6 Å². The summed E-state index contributed by atoms with van der Waals surface area (Å²) in [5, 5.41) is 4.27. The van der Waals surface area contributed by atoms with Crippen LogP contribution in [0.2, 0.25) is 0 Å². The number of hydrogen-bond donors (Lipinski definition) is 0. The van der Waals surface area contributed by atoms with Crippen LogP contribution < -0.4 is 9.47 Å². The van der Waals surface area contributed by atoms with Gasteiger partial charge in [-0.1, -0.05) is 83.2 Å². The SMILES string of the molecule is CCCCCCCCOc1ccc(-c2cc(-c3ccc(OCCCCCCCC)cc3)on2)cc1. The van der Waals surface area contributed by atoms with Gasteiger partial charge in [0.25, 0.3) is 0 Å². The molecule has 0 saturated carbocycles. The summed E-state index contributed by atoms with van der Waals surface area (Å²) >= 11 is 0. The first-order valence-electron chi connectivity index (χ1n) is 13.7. The van der Waals surface area contributed by atoms with Crippen molar-refractivity contribution in [1.82, 2.24) is 5.16 Å². The predicted molar refractivity (Wildman–Crippen MR) is 145 cm³/mol. The second-order valence-electron chi connectivity index (χ2n) is 9.36. The molecular formula is C31H43NO3. The number of ether oxygens (including phenoxy) is 2. The van der Waals surface area contributed by atoms with Gasteiger partial charge in [0.15, 0.2) is 5.76 Å². The van der Waals surface area contributed by atoms with Crippen molar-refractivity contribution in [3.05, 3.63) is 54.6 Å². The lowest BCUT2D eigenvalue weighted by Gasteiger charge is -2.06. The van der Waals surface area contributed by atoms with E-state index in [4.69, 9.17) is 14.0 Å². The zero-order valence-corrected chi connectivity index (χ0v) is 21.8. The summed E-state index contributed by atoms with van der Waals surface area (Å²) in [5.74, 6) is 2.56. The van der Waals surface area contributed by atoms with Crippen LogP contribution in [0.15, 0.2) is 59.1 Å². The van der Waals surface area contributed by atoms with E-state index in [0.717, 1.165) is 60.1 Å². The summed E-state index contributed by atoms with van der Waals surface area (Å²) in [6.07, 6.45) is 15.2.